The fourth-order valence-corrected chi connectivity index (χ4v) is 2.29. The molecule has 2 heterocycles. The fourth-order valence-electron chi connectivity index (χ4n) is 2.05. The third kappa shape index (κ3) is 2.62. The lowest BCUT2D eigenvalue weighted by atomic mass is 9.99. The van der Waals surface area contributed by atoms with Crippen molar-refractivity contribution < 1.29 is 5.11 Å². The second-order valence-corrected chi connectivity index (χ2v) is 4.66. The monoisotopic (exact) mass is 241 g/mol. The van der Waals surface area contributed by atoms with Gasteiger partial charge >= 0.3 is 0 Å². The number of anilines is 1. The topological polar surface area (TPSA) is 49.2 Å². The minimum Gasteiger partial charge on any atom is -0.396 e. The molecule has 0 spiro atoms. The number of hydrogen-bond acceptors (Lipinski definition) is 4. The van der Waals surface area contributed by atoms with Crippen LogP contribution in [0.2, 0.25) is 5.15 Å². The molecule has 0 unspecified atom stereocenters. The maximum absolute atomic E-state index is 9.17. The lowest BCUT2D eigenvalue weighted by molar-refractivity contribution is 0.208. The number of nitrogens with zero attached hydrogens (tertiary/aromatic N) is 3. The molecule has 2 rings (SSSR count). The molecule has 0 amide bonds. The van der Waals surface area contributed by atoms with E-state index in [9.17, 15) is 5.11 Å². The van der Waals surface area contributed by atoms with E-state index >= 15 is 0 Å². The van der Waals surface area contributed by atoms with Crippen LogP contribution in [0.1, 0.15) is 18.5 Å². The minimum absolute atomic E-state index is 0.232. The van der Waals surface area contributed by atoms with E-state index in [-0.39, 0.29) is 6.61 Å². The third-order valence-corrected chi connectivity index (χ3v) is 3.06. The van der Waals surface area contributed by atoms with Gasteiger partial charge in [0.1, 0.15) is 5.15 Å². The van der Waals surface area contributed by atoms with Gasteiger partial charge in [-0.25, -0.2) is 9.97 Å². The summed E-state index contributed by atoms with van der Waals surface area (Å²) in [6.45, 7) is 3.90. The quantitative estimate of drug-likeness (QED) is 0.800. The first kappa shape index (κ1) is 11.6. The molecule has 5 heteroatoms. The van der Waals surface area contributed by atoms with Crippen LogP contribution in [-0.2, 0) is 0 Å². The molecule has 1 aliphatic heterocycles. The van der Waals surface area contributed by atoms with Gasteiger partial charge in [-0.2, -0.15) is 0 Å². The second kappa shape index (κ2) is 4.97. The standard InChI is InChI=1S/C11H16ClN3O/c1-8-5-10(12)14-11(13-8)15-4-2-3-9(6-15)7-16/h5,9,16H,2-4,6-7H2,1H3/t9-/m1/s1. The SMILES string of the molecule is Cc1cc(Cl)nc(N2CCC[C@@H](CO)C2)n1. The van der Waals surface area contributed by atoms with Gasteiger partial charge < -0.3 is 10.0 Å². The van der Waals surface area contributed by atoms with Gasteiger partial charge in [-0.1, -0.05) is 11.6 Å². The van der Waals surface area contributed by atoms with Crippen molar-refractivity contribution in [2.45, 2.75) is 19.8 Å². The van der Waals surface area contributed by atoms with Crippen molar-refractivity contribution in [3.63, 3.8) is 0 Å². The van der Waals surface area contributed by atoms with Crippen molar-refractivity contribution in [2.24, 2.45) is 5.92 Å². The summed E-state index contributed by atoms with van der Waals surface area (Å²) in [7, 11) is 0. The summed E-state index contributed by atoms with van der Waals surface area (Å²) in [4.78, 5) is 10.7. The Hall–Kier alpha value is -0.870. The highest BCUT2D eigenvalue weighted by Gasteiger charge is 2.21. The van der Waals surface area contributed by atoms with Gasteiger partial charge in [0, 0.05) is 25.4 Å². The number of aryl methyl sites for hydroxylation is 1. The molecule has 16 heavy (non-hydrogen) atoms. The van der Waals surface area contributed by atoms with Gasteiger partial charge in [-0.05, 0) is 31.7 Å². The van der Waals surface area contributed by atoms with E-state index in [1.54, 1.807) is 6.07 Å². The summed E-state index contributed by atoms with van der Waals surface area (Å²) in [5.74, 6) is 1.01. The molecule has 1 aromatic heterocycles. The van der Waals surface area contributed by atoms with Crippen molar-refractivity contribution in [2.75, 3.05) is 24.6 Å². The van der Waals surface area contributed by atoms with E-state index in [2.05, 4.69) is 14.9 Å². The average Bonchev–Trinajstić information content (AvgIpc) is 2.28. The summed E-state index contributed by atoms with van der Waals surface area (Å²) in [5, 5.41) is 9.65. The van der Waals surface area contributed by atoms with E-state index in [0.29, 0.717) is 17.0 Å². The van der Waals surface area contributed by atoms with Gasteiger partial charge in [0.15, 0.2) is 0 Å². The predicted octanol–water partition coefficient (Wildman–Crippen LogP) is 1.65. The van der Waals surface area contributed by atoms with Crippen molar-refractivity contribution in [1.29, 1.82) is 0 Å². The normalized spacial score (nSPS) is 21.2. The summed E-state index contributed by atoms with van der Waals surface area (Å²) in [6.07, 6.45) is 2.15. The summed E-state index contributed by atoms with van der Waals surface area (Å²) >= 11 is 5.91. The molecule has 0 aliphatic carbocycles. The number of halogens is 1. The van der Waals surface area contributed by atoms with Gasteiger partial charge in [0.2, 0.25) is 5.95 Å². The first-order valence-corrected chi connectivity index (χ1v) is 5.94. The number of hydrogen-bond donors (Lipinski definition) is 1. The molecule has 1 aliphatic rings. The van der Waals surface area contributed by atoms with E-state index in [1.165, 1.54) is 0 Å². The molecule has 1 N–H and O–H groups in total. The van der Waals surface area contributed by atoms with E-state index < -0.39 is 0 Å². The zero-order chi connectivity index (χ0) is 11.5. The Balaban J connectivity index is 2.16. The number of aliphatic hydroxyl groups excluding tert-OH is 1. The second-order valence-electron chi connectivity index (χ2n) is 4.27. The van der Waals surface area contributed by atoms with E-state index in [4.69, 9.17) is 11.6 Å². The first-order valence-electron chi connectivity index (χ1n) is 5.56. The fraction of sp³-hybridized carbons (Fsp3) is 0.636. The van der Waals surface area contributed by atoms with Crippen molar-refractivity contribution >= 4 is 17.5 Å². The average molecular weight is 242 g/mol. The maximum Gasteiger partial charge on any atom is 0.226 e. The Morgan fingerprint density at radius 1 is 1.56 bits per heavy atom. The van der Waals surface area contributed by atoms with Crippen LogP contribution in [0.25, 0.3) is 0 Å². The maximum atomic E-state index is 9.17. The summed E-state index contributed by atoms with van der Waals surface area (Å²) in [5.41, 5.74) is 0.876. The number of aromatic nitrogens is 2. The molecule has 1 atom stereocenters. The highest BCUT2D eigenvalue weighted by molar-refractivity contribution is 6.29. The van der Waals surface area contributed by atoms with Crippen molar-refractivity contribution in [1.82, 2.24) is 9.97 Å². The summed E-state index contributed by atoms with van der Waals surface area (Å²) in [6, 6.07) is 1.75. The molecule has 4 nitrogen and oxygen atoms in total. The lowest BCUT2D eigenvalue weighted by Gasteiger charge is -2.31. The zero-order valence-electron chi connectivity index (χ0n) is 9.36. The number of rotatable bonds is 2. The van der Waals surface area contributed by atoms with Crippen LogP contribution in [0, 0.1) is 12.8 Å². The van der Waals surface area contributed by atoms with Gasteiger partial charge in [0.05, 0.1) is 0 Å². The minimum atomic E-state index is 0.232. The molecule has 0 bridgehead atoms. The van der Waals surface area contributed by atoms with Crippen LogP contribution in [0.5, 0.6) is 0 Å². The highest BCUT2D eigenvalue weighted by Crippen LogP contribution is 2.21. The van der Waals surface area contributed by atoms with E-state index in [0.717, 1.165) is 31.6 Å². The van der Waals surface area contributed by atoms with Crippen LogP contribution >= 0.6 is 11.6 Å². The molecule has 0 aromatic carbocycles. The largest absolute Gasteiger partial charge is 0.396 e. The van der Waals surface area contributed by atoms with Crippen molar-refractivity contribution in [3.05, 3.63) is 16.9 Å². The highest BCUT2D eigenvalue weighted by atomic mass is 35.5. The lowest BCUT2D eigenvalue weighted by Crippen LogP contribution is -2.37. The van der Waals surface area contributed by atoms with Crippen LogP contribution in [0.4, 0.5) is 5.95 Å². The smallest absolute Gasteiger partial charge is 0.226 e. The molecule has 0 saturated carbocycles. The van der Waals surface area contributed by atoms with E-state index in [1.807, 2.05) is 6.92 Å². The number of aliphatic hydroxyl groups is 1. The Kier molecular flexibility index (Phi) is 3.61. The molecular weight excluding hydrogens is 226 g/mol. The van der Waals surface area contributed by atoms with Gasteiger partial charge in [0.25, 0.3) is 0 Å². The third-order valence-electron chi connectivity index (χ3n) is 2.87. The van der Waals surface area contributed by atoms with Crippen molar-refractivity contribution in [3.8, 4) is 0 Å². The van der Waals surface area contributed by atoms with Crippen LogP contribution < -0.4 is 4.90 Å². The molecule has 1 saturated heterocycles. The van der Waals surface area contributed by atoms with Crippen LogP contribution in [0.3, 0.4) is 0 Å². The van der Waals surface area contributed by atoms with Gasteiger partial charge in [-0.3, -0.25) is 0 Å². The molecule has 1 fully saturated rings. The molecular formula is C11H16ClN3O. The Labute approximate surface area is 100 Å². The molecule has 88 valence electrons. The Morgan fingerprint density at radius 3 is 3.06 bits per heavy atom. The predicted molar refractivity (Wildman–Crippen MR) is 63.8 cm³/mol. The van der Waals surface area contributed by atoms with Gasteiger partial charge in [-0.15, -0.1) is 0 Å². The summed E-state index contributed by atoms with van der Waals surface area (Å²) < 4.78 is 0. The number of piperidine rings is 1. The molecule has 0 radical (unpaired) electrons. The Morgan fingerprint density at radius 2 is 2.38 bits per heavy atom. The van der Waals surface area contributed by atoms with Crippen LogP contribution in [0.15, 0.2) is 6.07 Å². The molecule has 1 aromatic rings. The van der Waals surface area contributed by atoms with Crippen LogP contribution in [-0.4, -0.2) is 34.8 Å². The first-order chi connectivity index (χ1) is 7.69. The Bertz CT molecular complexity index is 352. The zero-order valence-corrected chi connectivity index (χ0v) is 10.1.